The summed E-state index contributed by atoms with van der Waals surface area (Å²) in [5, 5.41) is 8.15. The molecule has 0 bridgehead atoms. The molecule has 0 saturated carbocycles. The van der Waals surface area contributed by atoms with Gasteiger partial charge in [-0.05, 0) is 0 Å². The van der Waals surface area contributed by atoms with Crippen LogP contribution in [0.15, 0.2) is 0 Å². The summed E-state index contributed by atoms with van der Waals surface area (Å²) in [5.41, 5.74) is 0. The van der Waals surface area contributed by atoms with Gasteiger partial charge in [-0.3, -0.25) is 4.79 Å². The molecule has 0 unspecified atom stereocenters. The van der Waals surface area contributed by atoms with Crippen LogP contribution in [-0.2, 0) is 9.59 Å². The smallest absolute Gasteiger partial charge is 0.306 e. The molecular formula is C5H8O3. The highest BCUT2D eigenvalue weighted by Crippen LogP contribution is 1.96. The highest BCUT2D eigenvalue weighted by molar-refractivity contribution is 5.72. The maximum Gasteiger partial charge on any atom is 0.306 e. The first-order valence-electron chi connectivity index (χ1n) is 2.35. The van der Waals surface area contributed by atoms with Crippen molar-refractivity contribution in [2.75, 3.05) is 0 Å². The monoisotopic (exact) mass is 116 g/mol. The van der Waals surface area contributed by atoms with Gasteiger partial charge in [0.05, 0.1) is 5.92 Å². The summed E-state index contributed by atoms with van der Waals surface area (Å²) in [6.07, 6.45) is 0.716. The number of carboxylic acid groups (broad SMARTS) is 1. The first-order chi connectivity index (χ1) is 3.68. The Balaban J connectivity index is 3.46. The van der Waals surface area contributed by atoms with Gasteiger partial charge in [-0.15, -0.1) is 0 Å². The van der Waals surface area contributed by atoms with E-state index in [9.17, 15) is 9.59 Å². The molecule has 0 spiro atoms. The van der Waals surface area contributed by atoms with Gasteiger partial charge in [0.25, 0.3) is 0 Å². The molecule has 0 aromatic rings. The molecule has 0 aromatic carbocycles. The summed E-state index contributed by atoms with van der Waals surface area (Å²) in [4.78, 5) is 19.6. The van der Waals surface area contributed by atoms with E-state index in [0.717, 1.165) is 0 Å². The standard InChI is InChI=1S/C5H8O3/c1-4(2-3-6)5(7)8/h3-4H,2H2,1H3,(H,7,8)/t4-/m0/s1. The molecule has 0 aliphatic rings. The van der Waals surface area contributed by atoms with Crippen molar-refractivity contribution >= 4 is 12.3 Å². The van der Waals surface area contributed by atoms with E-state index in [1.54, 1.807) is 0 Å². The lowest BCUT2D eigenvalue weighted by atomic mass is 10.1. The number of aliphatic carboxylic acids is 1. The highest BCUT2D eigenvalue weighted by Gasteiger charge is 2.07. The molecule has 0 heterocycles. The average molecular weight is 116 g/mol. The lowest BCUT2D eigenvalue weighted by Crippen LogP contribution is -2.09. The van der Waals surface area contributed by atoms with Crippen LogP contribution in [0.5, 0.6) is 0 Å². The molecule has 0 rings (SSSR count). The van der Waals surface area contributed by atoms with E-state index in [-0.39, 0.29) is 6.42 Å². The van der Waals surface area contributed by atoms with Crippen LogP contribution in [0, 0.1) is 5.92 Å². The number of carbonyl (C=O) groups is 2. The zero-order valence-electron chi connectivity index (χ0n) is 4.63. The molecule has 0 amide bonds. The normalized spacial score (nSPS) is 12.6. The van der Waals surface area contributed by atoms with E-state index < -0.39 is 11.9 Å². The lowest BCUT2D eigenvalue weighted by molar-refractivity contribution is -0.142. The maximum absolute atomic E-state index is 9.93. The summed E-state index contributed by atoms with van der Waals surface area (Å²) < 4.78 is 0. The molecule has 8 heavy (non-hydrogen) atoms. The number of aldehydes is 1. The Kier molecular flexibility index (Phi) is 2.84. The van der Waals surface area contributed by atoms with Crippen LogP contribution in [0.25, 0.3) is 0 Å². The zero-order valence-corrected chi connectivity index (χ0v) is 4.63. The topological polar surface area (TPSA) is 54.4 Å². The third kappa shape index (κ3) is 2.34. The van der Waals surface area contributed by atoms with Gasteiger partial charge in [0.2, 0.25) is 0 Å². The Labute approximate surface area is 47.3 Å². The second kappa shape index (κ2) is 3.18. The summed E-state index contributed by atoms with van der Waals surface area (Å²) in [5.74, 6) is -1.45. The number of hydrogen-bond acceptors (Lipinski definition) is 2. The Bertz CT molecular complexity index is 97.8. The third-order valence-corrected chi connectivity index (χ3v) is 0.871. The minimum atomic E-state index is -0.919. The number of hydrogen-bond donors (Lipinski definition) is 1. The SMILES string of the molecule is C[C@@H](CC=O)C(=O)O. The second-order valence-corrected chi connectivity index (χ2v) is 1.64. The molecule has 0 radical (unpaired) electrons. The molecule has 0 aliphatic heterocycles. The van der Waals surface area contributed by atoms with Crippen molar-refractivity contribution < 1.29 is 14.7 Å². The molecule has 0 aromatic heterocycles. The fourth-order valence-corrected chi connectivity index (χ4v) is 0.245. The fourth-order valence-electron chi connectivity index (χ4n) is 0.245. The number of rotatable bonds is 3. The Morgan fingerprint density at radius 1 is 1.88 bits per heavy atom. The van der Waals surface area contributed by atoms with Gasteiger partial charge >= 0.3 is 5.97 Å². The second-order valence-electron chi connectivity index (χ2n) is 1.64. The molecule has 3 heteroatoms. The maximum atomic E-state index is 9.93. The van der Waals surface area contributed by atoms with Crippen molar-refractivity contribution in [3.63, 3.8) is 0 Å². The van der Waals surface area contributed by atoms with Crippen LogP contribution in [0.1, 0.15) is 13.3 Å². The van der Waals surface area contributed by atoms with Gasteiger partial charge in [-0.25, -0.2) is 0 Å². The van der Waals surface area contributed by atoms with Crippen molar-refractivity contribution in [3.8, 4) is 0 Å². The van der Waals surface area contributed by atoms with Crippen molar-refractivity contribution in [1.82, 2.24) is 0 Å². The Morgan fingerprint density at radius 2 is 2.38 bits per heavy atom. The average Bonchev–Trinajstić information content (AvgIpc) is 1.67. The van der Waals surface area contributed by atoms with Gasteiger partial charge < -0.3 is 9.90 Å². The van der Waals surface area contributed by atoms with E-state index in [0.29, 0.717) is 6.29 Å². The lowest BCUT2D eigenvalue weighted by Gasteiger charge is -1.95. The molecule has 1 N–H and O–H groups in total. The minimum Gasteiger partial charge on any atom is -0.481 e. The Hall–Kier alpha value is -0.860. The van der Waals surface area contributed by atoms with E-state index >= 15 is 0 Å². The van der Waals surface area contributed by atoms with Crippen LogP contribution in [0.2, 0.25) is 0 Å². The predicted octanol–water partition coefficient (Wildman–Crippen LogP) is 0.296. The largest absolute Gasteiger partial charge is 0.481 e. The van der Waals surface area contributed by atoms with E-state index in [1.165, 1.54) is 6.92 Å². The van der Waals surface area contributed by atoms with Gasteiger partial charge in [-0.1, -0.05) is 6.92 Å². The highest BCUT2D eigenvalue weighted by atomic mass is 16.4. The summed E-state index contributed by atoms with van der Waals surface area (Å²) >= 11 is 0. The van der Waals surface area contributed by atoms with Crippen molar-refractivity contribution in [3.05, 3.63) is 0 Å². The van der Waals surface area contributed by atoms with E-state index in [2.05, 4.69) is 0 Å². The molecular weight excluding hydrogens is 108 g/mol. The molecule has 0 fully saturated rings. The van der Waals surface area contributed by atoms with Gasteiger partial charge in [0, 0.05) is 6.42 Å². The fraction of sp³-hybridized carbons (Fsp3) is 0.600. The van der Waals surface area contributed by atoms with Crippen molar-refractivity contribution in [2.24, 2.45) is 5.92 Å². The zero-order chi connectivity index (χ0) is 6.57. The van der Waals surface area contributed by atoms with Crippen LogP contribution >= 0.6 is 0 Å². The van der Waals surface area contributed by atoms with Gasteiger partial charge in [0.15, 0.2) is 0 Å². The first kappa shape index (κ1) is 7.14. The number of carbonyl (C=O) groups excluding carboxylic acids is 1. The van der Waals surface area contributed by atoms with Crippen LogP contribution in [0.4, 0.5) is 0 Å². The molecule has 3 nitrogen and oxygen atoms in total. The van der Waals surface area contributed by atoms with Crippen molar-refractivity contribution in [1.29, 1.82) is 0 Å². The predicted molar refractivity (Wildman–Crippen MR) is 27.5 cm³/mol. The Morgan fingerprint density at radius 3 is 2.50 bits per heavy atom. The van der Waals surface area contributed by atoms with Gasteiger partial charge in [-0.2, -0.15) is 0 Å². The van der Waals surface area contributed by atoms with Crippen molar-refractivity contribution in [2.45, 2.75) is 13.3 Å². The van der Waals surface area contributed by atoms with Crippen LogP contribution in [0.3, 0.4) is 0 Å². The first-order valence-corrected chi connectivity index (χ1v) is 2.35. The summed E-state index contributed by atoms with van der Waals surface area (Å²) in [6.45, 7) is 1.50. The quantitative estimate of drug-likeness (QED) is 0.539. The van der Waals surface area contributed by atoms with Crippen LogP contribution < -0.4 is 0 Å². The van der Waals surface area contributed by atoms with Crippen LogP contribution in [-0.4, -0.2) is 17.4 Å². The molecule has 1 atom stereocenters. The molecule has 46 valence electrons. The van der Waals surface area contributed by atoms with E-state index in [4.69, 9.17) is 5.11 Å². The van der Waals surface area contributed by atoms with E-state index in [1.807, 2.05) is 0 Å². The minimum absolute atomic E-state index is 0.106. The summed E-state index contributed by atoms with van der Waals surface area (Å²) in [7, 11) is 0. The third-order valence-electron chi connectivity index (χ3n) is 0.871. The number of carboxylic acids is 1. The molecule has 0 aliphatic carbocycles. The molecule has 0 saturated heterocycles. The van der Waals surface area contributed by atoms with Gasteiger partial charge in [0.1, 0.15) is 6.29 Å². The summed E-state index contributed by atoms with van der Waals surface area (Å²) in [6, 6.07) is 0.